The van der Waals surface area contributed by atoms with Crippen molar-refractivity contribution in [2.75, 3.05) is 0 Å². The molecule has 1 heterocycles. The van der Waals surface area contributed by atoms with Crippen molar-refractivity contribution < 1.29 is 0 Å². The molecule has 0 saturated heterocycles. The van der Waals surface area contributed by atoms with E-state index in [1.807, 2.05) is 38.1 Å². The van der Waals surface area contributed by atoms with Gasteiger partial charge in [0.2, 0.25) is 0 Å². The maximum absolute atomic E-state index is 12.0. The standard InChI is InChI=1S/C12H11NOS/c1-4-12(2,3)13-11(14)9-7-5-6-8-10(9)15-13/h1,5-8H,2-3H3. The molecule has 0 N–H and O–H groups in total. The van der Waals surface area contributed by atoms with Gasteiger partial charge >= 0.3 is 0 Å². The van der Waals surface area contributed by atoms with E-state index in [1.165, 1.54) is 11.5 Å². The van der Waals surface area contributed by atoms with Gasteiger partial charge in [0.25, 0.3) is 5.56 Å². The third-order valence-corrected chi connectivity index (χ3v) is 3.71. The Hall–Kier alpha value is -1.53. The molecule has 2 aromatic rings. The second kappa shape index (κ2) is 3.25. The van der Waals surface area contributed by atoms with Crippen LogP contribution in [0, 0.1) is 12.3 Å². The summed E-state index contributed by atoms with van der Waals surface area (Å²) in [6.45, 7) is 3.73. The van der Waals surface area contributed by atoms with Crippen molar-refractivity contribution in [1.29, 1.82) is 0 Å². The van der Waals surface area contributed by atoms with E-state index in [1.54, 1.807) is 3.96 Å². The van der Waals surface area contributed by atoms with E-state index in [-0.39, 0.29) is 5.56 Å². The van der Waals surface area contributed by atoms with Gasteiger partial charge in [-0.05, 0) is 26.0 Å². The summed E-state index contributed by atoms with van der Waals surface area (Å²) in [6.07, 6.45) is 5.43. The van der Waals surface area contributed by atoms with Crippen LogP contribution in [0.2, 0.25) is 0 Å². The maximum Gasteiger partial charge on any atom is 0.269 e. The van der Waals surface area contributed by atoms with Gasteiger partial charge < -0.3 is 0 Å². The summed E-state index contributed by atoms with van der Waals surface area (Å²) < 4.78 is 2.63. The average Bonchev–Trinajstić information content (AvgIpc) is 2.58. The van der Waals surface area contributed by atoms with Gasteiger partial charge in [-0.1, -0.05) is 29.6 Å². The SMILES string of the molecule is C#CC(C)(C)n1sc2ccccc2c1=O. The molecular formula is C12H11NOS. The van der Waals surface area contributed by atoms with Crippen molar-refractivity contribution in [2.45, 2.75) is 19.4 Å². The Morgan fingerprint density at radius 2 is 2.07 bits per heavy atom. The number of hydrogen-bond donors (Lipinski definition) is 0. The minimum absolute atomic E-state index is 0.00134. The van der Waals surface area contributed by atoms with Gasteiger partial charge in [-0.25, -0.2) is 3.96 Å². The Labute approximate surface area is 92.3 Å². The van der Waals surface area contributed by atoms with Crippen LogP contribution in [0.4, 0.5) is 0 Å². The third kappa shape index (κ3) is 1.47. The first kappa shape index (κ1) is 10.0. The molecule has 1 aromatic heterocycles. The molecule has 1 aromatic carbocycles. The number of rotatable bonds is 1. The molecule has 15 heavy (non-hydrogen) atoms. The van der Waals surface area contributed by atoms with Crippen LogP contribution in [-0.4, -0.2) is 3.96 Å². The van der Waals surface area contributed by atoms with Crippen LogP contribution in [0.3, 0.4) is 0 Å². The highest BCUT2D eigenvalue weighted by atomic mass is 32.1. The minimum Gasteiger partial charge on any atom is -0.268 e. The Kier molecular flexibility index (Phi) is 2.17. The van der Waals surface area contributed by atoms with E-state index in [9.17, 15) is 4.79 Å². The lowest BCUT2D eigenvalue weighted by Gasteiger charge is -2.16. The van der Waals surface area contributed by atoms with E-state index in [0.717, 1.165) is 10.1 Å². The molecule has 0 spiro atoms. The zero-order valence-electron chi connectivity index (χ0n) is 8.65. The maximum atomic E-state index is 12.0. The first-order valence-corrected chi connectivity index (χ1v) is 5.43. The predicted molar refractivity (Wildman–Crippen MR) is 64.2 cm³/mol. The summed E-state index contributed by atoms with van der Waals surface area (Å²) in [5, 5.41) is 0.742. The average molecular weight is 217 g/mol. The summed E-state index contributed by atoms with van der Waals surface area (Å²) in [6, 6.07) is 7.55. The monoisotopic (exact) mass is 217 g/mol. The molecule has 0 aliphatic carbocycles. The van der Waals surface area contributed by atoms with Crippen LogP contribution in [-0.2, 0) is 5.54 Å². The highest BCUT2D eigenvalue weighted by Gasteiger charge is 2.21. The van der Waals surface area contributed by atoms with Crippen molar-refractivity contribution >= 4 is 21.6 Å². The molecular weight excluding hydrogens is 206 g/mol. The molecule has 76 valence electrons. The zero-order valence-corrected chi connectivity index (χ0v) is 9.47. The van der Waals surface area contributed by atoms with Crippen molar-refractivity contribution in [1.82, 2.24) is 3.96 Å². The minimum atomic E-state index is -0.555. The number of hydrogen-bond acceptors (Lipinski definition) is 2. The van der Waals surface area contributed by atoms with Gasteiger partial charge in [0.15, 0.2) is 0 Å². The second-order valence-electron chi connectivity index (χ2n) is 3.89. The zero-order chi connectivity index (χ0) is 11.1. The molecule has 0 radical (unpaired) electrons. The largest absolute Gasteiger partial charge is 0.269 e. The molecule has 0 unspecified atom stereocenters. The van der Waals surface area contributed by atoms with E-state index in [2.05, 4.69) is 5.92 Å². The van der Waals surface area contributed by atoms with E-state index < -0.39 is 5.54 Å². The third-order valence-electron chi connectivity index (χ3n) is 2.35. The summed E-state index contributed by atoms with van der Waals surface area (Å²) in [5.41, 5.74) is -0.556. The Balaban J connectivity index is 2.81. The highest BCUT2D eigenvalue weighted by Crippen LogP contribution is 2.22. The van der Waals surface area contributed by atoms with Crippen LogP contribution in [0.25, 0.3) is 10.1 Å². The lowest BCUT2D eigenvalue weighted by molar-refractivity contribution is 0.503. The van der Waals surface area contributed by atoms with Crippen molar-refractivity contribution in [2.24, 2.45) is 0 Å². The molecule has 0 aliphatic rings. The van der Waals surface area contributed by atoms with Crippen LogP contribution >= 0.6 is 11.5 Å². The lowest BCUT2D eigenvalue weighted by Crippen LogP contribution is -2.30. The molecule has 3 heteroatoms. The molecule has 0 amide bonds. The number of aromatic nitrogens is 1. The number of terminal acetylenes is 1. The topological polar surface area (TPSA) is 22.0 Å². The first-order valence-electron chi connectivity index (χ1n) is 4.65. The fourth-order valence-electron chi connectivity index (χ4n) is 1.40. The number of benzene rings is 1. The summed E-state index contributed by atoms with van der Waals surface area (Å²) in [5.74, 6) is 2.63. The Bertz CT molecular complexity index is 598. The lowest BCUT2D eigenvalue weighted by atomic mass is 10.1. The van der Waals surface area contributed by atoms with E-state index in [0.29, 0.717) is 0 Å². The van der Waals surface area contributed by atoms with Crippen molar-refractivity contribution in [3.8, 4) is 12.3 Å². The van der Waals surface area contributed by atoms with E-state index in [4.69, 9.17) is 6.42 Å². The fraction of sp³-hybridized carbons (Fsp3) is 0.250. The summed E-state index contributed by atoms with van der Waals surface area (Å²) >= 11 is 1.42. The van der Waals surface area contributed by atoms with Gasteiger partial charge in [-0.3, -0.25) is 4.79 Å². The Morgan fingerprint density at radius 3 is 2.67 bits per heavy atom. The molecule has 2 rings (SSSR count). The molecule has 0 bridgehead atoms. The normalized spacial score (nSPS) is 11.5. The van der Waals surface area contributed by atoms with Crippen LogP contribution < -0.4 is 5.56 Å². The molecule has 0 saturated carbocycles. The highest BCUT2D eigenvalue weighted by molar-refractivity contribution is 7.13. The summed E-state index contributed by atoms with van der Waals surface area (Å²) in [7, 11) is 0. The van der Waals surface area contributed by atoms with Crippen molar-refractivity contribution in [3.05, 3.63) is 34.6 Å². The van der Waals surface area contributed by atoms with Crippen LogP contribution in [0.1, 0.15) is 13.8 Å². The van der Waals surface area contributed by atoms with Gasteiger partial charge in [0.05, 0.1) is 10.1 Å². The van der Waals surface area contributed by atoms with Gasteiger partial charge in [-0.15, -0.1) is 6.42 Å². The predicted octanol–water partition coefficient (Wildman–Crippen LogP) is 2.43. The first-order chi connectivity index (χ1) is 7.06. The molecule has 0 fully saturated rings. The van der Waals surface area contributed by atoms with Crippen LogP contribution in [0.5, 0.6) is 0 Å². The van der Waals surface area contributed by atoms with E-state index >= 15 is 0 Å². The van der Waals surface area contributed by atoms with Crippen LogP contribution in [0.15, 0.2) is 29.1 Å². The smallest absolute Gasteiger partial charge is 0.268 e. The Morgan fingerprint density at radius 1 is 1.40 bits per heavy atom. The molecule has 0 atom stereocenters. The van der Waals surface area contributed by atoms with Gasteiger partial charge in [0, 0.05) is 0 Å². The fourth-order valence-corrected chi connectivity index (χ4v) is 2.45. The van der Waals surface area contributed by atoms with Crippen molar-refractivity contribution in [3.63, 3.8) is 0 Å². The number of fused-ring (bicyclic) bond motifs is 1. The quantitative estimate of drug-likeness (QED) is 0.672. The van der Waals surface area contributed by atoms with Gasteiger partial charge in [0.1, 0.15) is 5.54 Å². The number of nitrogens with zero attached hydrogens (tertiary/aromatic N) is 1. The van der Waals surface area contributed by atoms with Gasteiger partial charge in [-0.2, -0.15) is 0 Å². The summed E-state index contributed by atoms with van der Waals surface area (Å²) in [4.78, 5) is 12.0. The second-order valence-corrected chi connectivity index (χ2v) is 4.88. The molecule has 2 nitrogen and oxygen atoms in total. The molecule has 0 aliphatic heterocycles.